The molecule has 0 fully saturated rings. The van der Waals surface area contributed by atoms with Gasteiger partial charge >= 0.3 is 5.97 Å². The van der Waals surface area contributed by atoms with Gasteiger partial charge in [-0.15, -0.1) is 0 Å². The molecule has 0 bridgehead atoms. The normalized spacial score (nSPS) is 11.1. The molecule has 6 heteroatoms. The molecule has 2 heterocycles. The lowest BCUT2D eigenvalue weighted by Gasteiger charge is -2.17. The van der Waals surface area contributed by atoms with Gasteiger partial charge in [0.05, 0.1) is 0 Å². The quantitative estimate of drug-likeness (QED) is 0.700. The van der Waals surface area contributed by atoms with E-state index >= 15 is 0 Å². The number of aromatic nitrogens is 2. The van der Waals surface area contributed by atoms with Crippen molar-refractivity contribution < 1.29 is 9.90 Å². The number of carboxylic acid groups (broad SMARTS) is 1. The van der Waals surface area contributed by atoms with Crippen LogP contribution in [0.25, 0.3) is 22.2 Å². The van der Waals surface area contributed by atoms with Gasteiger partial charge in [-0.25, -0.2) is 4.98 Å². The SMILES string of the molecule is CCn1c(=O)c(CCC(=O)O)c(-c2cccc(CN)c2)c2ccc(C)nc21. The van der Waals surface area contributed by atoms with E-state index in [-0.39, 0.29) is 18.4 Å². The summed E-state index contributed by atoms with van der Waals surface area (Å²) in [5.74, 6) is -0.929. The van der Waals surface area contributed by atoms with Crippen LogP contribution in [0.4, 0.5) is 0 Å². The molecule has 0 atom stereocenters. The number of hydrogen-bond donors (Lipinski definition) is 2. The second kappa shape index (κ2) is 7.72. The van der Waals surface area contributed by atoms with Crippen LogP contribution in [-0.4, -0.2) is 20.6 Å². The number of benzene rings is 1. The number of fused-ring (bicyclic) bond motifs is 1. The highest BCUT2D eigenvalue weighted by atomic mass is 16.4. The van der Waals surface area contributed by atoms with Gasteiger partial charge in [-0.1, -0.05) is 18.2 Å². The lowest BCUT2D eigenvalue weighted by Crippen LogP contribution is -2.26. The summed E-state index contributed by atoms with van der Waals surface area (Å²) in [6.45, 7) is 4.63. The fraction of sp³-hybridized carbons (Fsp3) is 0.286. The molecule has 2 aromatic heterocycles. The van der Waals surface area contributed by atoms with Crippen LogP contribution in [0.15, 0.2) is 41.2 Å². The average Bonchev–Trinajstić information content (AvgIpc) is 2.66. The highest BCUT2D eigenvalue weighted by Crippen LogP contribution is 2.31. The lowest BCUT2D eigenvalue weighted by molar-refractivity contribution is -0.136. The van der Waals surface area contributed by atoms with E-state index in [2.05, 4.69) is 4.98 Å². The zero-order valence-electron chi connectivity index (χ0n) is 15.5. The number of carbonyl (C=O) groups is 1. The number of rotatable bonds is 6. The zero-order chi connectivity index (χ0) is 19.6. The van der Waals surface area contributed by atoms with E-state index in [0.29, 0.717) is 24.3 Å². The highest BCUT2D eigenvalue weighted by molar-refractivity contribution is 5.95. The van der Waals surface area contributed by atoms with Crippen molar-refractivity contribution in [2.45, 2.75) is 39.8 Å². The van der Waals surface area contributed by atoms with Crippen LogP contribution in [0, 0.1) is 6.92 Å². The largest absolute Gasteiger partial charge is 0.481 e. The predicted molar refractivity (Wildman–Crippen MR) is 106 cm³/mol. The van der Waals surface area contributed by atoms with E-state index in [1.54, 1.807) is 4.57 Å². The fourth-order valence-electron chi connectivity index (χ4n) is 3.41. The van der Waals surface area contributed by atoms with Gasteiger partial charge in [0.15, 0.2) is 0 Å². The van der Waals surface area contributed by atoms with E-state index in [1.807, 2.05) is 50.2 Å². The third kappa shape index (κ3) is 3.61. The van der Waals surface area contributed by atoms with Crippen molar-refractivity contribution in [1.29, 1.82) is 0 Å². The van der Waals surface area contributed by atoms with Gasteiger partial charge in [-0.05, 0) is 49.6 Å². The Bertz CT molecular complexity index is 1070. The standard InChI is InChI=1S/C21H23N3O3/c1-3-24-20-16(8-7-13(2)23-20)19(15-6-4-5-14(11-15)12-22)17(21(24)27)9-10-18(25)26/h4-8,11H,3,9-10,12,22H2,1-2H3,(H,25,26). The van der Waals surface area contributed by atoms with Crippen LogP contribution < -0.4 is 11.3 Å². The summed E-state index contributed by atoms with van der Waals surface area (Å²) in [5, 5.41) is 9.99. The van der Waals surface area contributed by atoms with Crippen molar-refractivity contribution in [3.63, 3.8) is 0 Å². The third-order valence-corrected chi connectivity index (χ3v) is 4.70. The Labute approximate surface area is 157 Å². The Hall–Kier alpha value is -2.99. The molecule has 3 aromatic rings. The smallest absolute Gasteiger partial charge is 0.303 e. The minimum absolute atomic E-state index is 0.104. The van der Waals surface area contributed by atoms with E-state index in [0.717, 1.165) is 27.8 Å². The molecule has 0 aliphatic heterocycles. The first kappa shape index (κ1) is 18.8. The average molecular weight is 365 g/mol. The van der Waals surface area contributed by atoms with Gasteiger partial charge in [0, 0.05) is 41.7 Å². The van der Waals surface area contributed by atoms with Crippen LogP contribution in [0.5, 0.6) is 0 Å². The lowest BCUT2D eigenvalue weighted by atomic mass is 9.93. The molecule has 0 aliphatic carbocycles. The summed E-state index contributed by atoms with van der Waals surface area (Å²) in [4.78, 5) is 28.9. The molecule has 0 unspecified atom stereocenters. The number of carboxylic acids is 1. The van der Waals surface area contributed by atoms with Gasteiger partial charge in [0.25, 0.3) is 5.56 Å². The monoisotopic (exact) mass is 365 g/mol. The first-order valence-corrected chi connectivity index (χ1v) is 9.00. The van der Waals surface area contributed by atoms with Gasteiger partial charge in [-0.2, -0.15) is 0 Å². The Morgan fingerprint density at radius 3 is 2.70 bits per heavy atom. The van der Waals surface area contributed by atoms with Gasteiger partial charge in [0.1, 0.15) is 5.65 Å². The Balaban J connectivity index is 2.41. The zero-order valence-corrected chi connectivity index (χ0v) is 15.5. The van der Waals surface area contributed by atoms with Gasteiger partial charge in [-0.3, -0.25) is 14.2 Å². The van der Waals surface area contributed by atoms with Crippen molar-refractivity contribution in [3.8, 4) is 11.1 Å². The van der Waals surface area contributed by atoms with Crippen molar-refractivity contribution in [2.75, 3.05) is 0 Å². The first-order chi connectivity index (χ1) is 13.0. The number of nitrogens with two attached hydrogens (primary N) is 1. The number of aryl methyl sites for hydroxylation is 2. The van der Waals surface area contributed by atoms with Crippen molar-refractivity contribution >= 4 is 17.0 Å². The highest BCUT2D eigenvalue weighted by Gasteiger charge is 2.19. The van der Waals surface area contributed by atoms with Gasteiger partial charge < -0.3 is 10.8 Å². The topological polar surface area (TPSA) is 98.2 Å². The van der Waals surface area contributed by atoms with Crippen molar-refractivity contribution in [1.82, 2.24) is 9.55 Å². The van der Waals surface area contributed by atoms with Crippen LogP contribution >= 0.6 is 0 Å². The molecule has 0 saturated carbocycles. The molecule has 27 heavy (non-hydrogen) atoms. The molecule has 1 aromatic carbocycles. The number of pyridine rings is 2. The summed E-state index contributed by atoms with van der Waals surface area (Å²) >= 11 is 0. The Morgan fingerprint density at radius 2 is 2.04 bits per heavy atom. The summed E-state index contributed by atoms with van der Waals surface area (Å²) in [6, 6.07) is 11.6. The van der Waals surface area contributed by atoms with E-state index in [4.69, 9.17) is 10.8 Å². The van der Waals surface area contributed by atoms with Crippen LogP contribution in [-0.2, 0) is 24.3 Å². The molecule has 6 nitrogen and oxygen atoms in total. The summed E-state index contributed by atoms with van der Waals surface area (Å²) in [5.41, 5.74) is 10.1. The molecular weight excluding hydrogens is 342 g/mol. The maximum absolute atomic E-state index is 13.2. The van der Waals surface area contributed by atoms with Crippen LogP contribution in [0.1, 0.15) is 30.2 Å². The Morgan fingerprint density at radius 1 is 1.26 bits per heavy atom. The maximum atomic E-state index is 13.2. The molecule has 0 saturated heterocycles. The van der Waals surface area contributed by atoms with E-state index in [1.165, 1.54) is 0 Å². The van der Waals surface area contributed by atoms with Gasteiger partial charge in [0.2, 0.25) is 0 Å². The molecule has 3 rings (SSSR count). The van der Waals surface area contributed by atoms with E-state index in [9.17, 15) is 9.59 Å². The molecule has 0 amide bonds. The first-order valence-electron chi connectivity index (χ1n) is 9.00. The number of nitrogens with zero attached hydrogens (tertiary/aromatic N) is 2. The minimum Gasteiger partial charge on any atom is -0.481 e. The molecular formula is C21H23N3O3. The van der Waals surface area contributed by atoms with Crippen LogP contribution in [0.3, 0.4) is 0 Å². The number of aliphatic carboxylic acids is 1. The molecule has 3 N–H and O–H groups in total. The Kier molecular flexibility index (Phi) is 5.37. The summed E-state index contributed by atoms with van der Waals surface area (Å²) in [7, 11) is 0. The number of hydrogen-bond acceptors (Lipinski definition) is 4. The predicted octanol–water partition coefficient (Wildman–Crippen LogP) is 2.87. The third-order valence-electron chi connectivity index (χ3n) is 4.70. The second-order valence-electron chi connectivity index (χ2n) is 6.53. The van der Waals surface area contributed by atoms with Crippen molar-refractivity contribution in [3.05, 3.63) is 63.6 Å². The van der Waals surface area contributed by atoms with Crippen LogP contribution in [0.2, 0.25) is 0 Å². The summed E-state index contributed by atoms with van der Waals surface area (Å²) < 4.78 is 1.62. The second-order valence-corrected chi connectivity index (χ2v) is 6.53. The molecule has 140 valence electrons. The van der Waals surface area contributed by atoms with E-state index < -0.39 is 5.97 Å². The minimum atomic E-state index is -0.929. The molecule has 0 aliphatic rings. The maximum Gasteiger partial charge on any atom is 0.303 e. The molecule has 0 spiro atoms. The molecule has 0 radical (unpaired) electrons. The summed E-state index contributed by atoms with van der Waals surface area (Å²) in [6.07, 6.45) is 0.0630. The van der Waals surface area contributed by atoms with Crippen molar-refractivity contribution in [2.24, 2.45) is 5.73 Å². The fourth-order valence-corrected chi connectivity index (χ4v) is 3.41.